The first-order valence-corrected chi connectivity index (χ1v) is 11.0. The van der Waals surface area contributed by atoms with Crippen LogP contribution in [0.1, 0.15) is 15.9 Å². The average Bonchev–Trinajstić information content (AvgIpc) is 3.39. The molecule has 182 valence electrons. The number of pyridine rings is 1. The normalized spacial score (nSPS) is 11.5. The summed E-state index contributed by atoms with van der Waals surface area (Å²) in [6.45, 7) is 0. The molecule has 0 saturated carbocycles. The molecule has 0 aliphatic carbocycles. The number of amides is 2. The fourth-order valence-corrected chi connectivity index (χ4v) is 3.61. The van der Waals surface area contributed by atoms with Crippen LogP contribution >= 0.6 is 0 Å². The Kier molecular flexibility index (Phi) is 7.57. The molecule has 2 aromatic carbocycles. The van der Waals surface area contributed by atoms with Crippen LogP contribution in [0.15, 0.2) is 85.2 Å². The topological polar surface area (TPSA) is 115 Å². The summed E-state index contributed by atoms with van der Waals surface area (Å²) in [6.07, 6.45) is 3.12. The molecule has 2 amide bonds. The second-order valence-corrected chi connectivity index (χ2v) is 7.72. The van der Waals surface area contributed by atoms with E-state index in [1.807, 2.05) is 11.5 Å². The Labute approximate surface area is 205 Å². The van der Waals surface area contributed by atoms with Crippen LogP contribution in [0.4, 0.5) is 4.39 Å². The van der Waals surface area contributed by atoms with Gasteiger partial charge in [0.15, 0.2) is 5.82 Å². The number of benzene rings is 2. The van der Waals surface area contributed by atoms with Crippen molar-refractivity contribution in [1.29, 1.82) is 0 Å². The van der Waals surface area contributed by atoms with Gasteiger partial charge in [-0.1, -0.05) is 42.5 Å². The van der Waals surface area contributed by atoms with Crippen LogP contribution in [0.5, 0.6) is 0 Å². The van der Waals surface area contributed by atoms with Crippen molar-refractivity contribution in [2.45, 2.75) is 12.5 Å². The number of aromatic nitrogens is 3. The maximum absolute atomic E-state index is 14.2. The number of hydrogen-bond donors (Lipinski definition) is 2. The van der Waals surface area contributed by atoms with Crippen LogP contribution in [0.3, 0.4) is 0 Å². The van der Waals surface area contributed by atoms with Crippen molar-refractivity contribution in [1.82, 2.24) is 25.6 Å². The van der Waals surface area contributed by atoms with Gasteiger partial charge >= 0.3 is 5.91 Å². The molecule has 2 heterocycles. The van der Waals surface area contributed by atoms with Gasteiger partial charge in [-0.2, -0.15) is 5.10 Å². The van der Waals surface area contributed by atoms with Gasteiger partial charge in [-0.3, -0.25) is 19.2 Å². The minimum Gasteiger partial charge on any atom is -0.341 e. The summed E-state index contributed by atoms with van der Waals surface area (Å²) in [5.41, 5.74) is 3.50. The first-order chi connectivity index (χ1) is 17.5. The van der Waals surface area contributed by atoms with E-state index in [2.05, 4.69) is 20.2 Å². The Morgan fingerprint density at radius 3 is 2.50 bits per heavy atom. The van der Waals surface area contributed by atoms with Gasteiger partial charge in [-0.05, 0) is 35.9 Å². The molecule has 0 spiro atoms. The Hall–Kier alpha value is -4.70. The molecule has 0 saturated heterocycles. The van der Waals surface area contributed by atoms with E-state index in [1.165, 1.54) is 30.1 Å². The molecule has 2 aromatic heterocycles. The second-order valence-electron chi connectivity index (χ2n) is 7.72. The minimum absolute atomic E-state index is 0.0807. The molecule has 4 rings (SSSR count). The van der Waals surface area contributed by atoms with Gasteiger partial charge in [0, 0.05) is 24.4 Å². The summed E-state index contributed by atoms with van der Waals surface area (Å²) >= 11 is 0. The SMILES string of the molecule is CONC(=O)C(=O)C(Cc1ccccc1)NC(=O)c1cccnc1-n1ccc(-c2ccccc2F)n1. The van der Waals surface area contributed by atoms with Gasteiger partial charge < -0.3 is 5.32 Å². The number of hydroxylamine groups is 1. The molecular formula is C26H22FN5O4. The molecule has 0 fully saturated rings. The van der Waals surface area contributed by atoms with Crippen molar-refractivity contribution >= 4 is 17.6 Å². The summed E-state index contributed by atoms with van der Waals surface area (Å²) in [5, 5.41) is 7.01. The lowest BCUT2D eigenvalue weighted by Gasteiger charge is -2.18. The standard InChI is InChI=1S/C26H22FN5O4/c1-36-31-26(35)23(33)22(16-17-8-3-2-4-9-17)29-25(34)19-11-7-14-28-24(19)32-15-13-21(30-32)18-10-5-6-12-20(18)27/h2-15,22H,16H2,1H3,(H,29,34)(H,31,35). The Morgan fingerprint density at radius 2 is 1.75 bits per heavy atom. The number of Topliss-reactive ketones (excluding diaryl/α,β-unsaturated/α-hetero) is 1. The third-order valence-electron chi connectivity index (χ3n) is 5.31. The predicted molar refractivity (Wildman–Crippen MR) is 128 cm³/mol. The lowest BCUT2D eigenvalue weighted by Crippen LogP contribution is -2.48. The number of nitrogens with one attached hydrogen (secondary N) is 2. The van der Waals surface area contributed by atoms with E-state index in [1.54, 1.807) is 60.8 Å². The van der Waals surface area contributed by atoms with Crippen LogP contribution in [-0.4, -0.2) is 45.5 Å². The molecule has 1 atom stereocenters. The number of carbonyl (C=O) groups is 3. The van der Waals surface area contributed by atoms with E-state index in [0.717, 1.165) is 5.56 Å². The number of ketones is 1. The highest BCUT2D eigenvalue weighted by molar-refractivity contribution is 6.38. The zero-order valence-corrected chi connectivity index (χ0v) is 19.2. The van der Waals surface area contributed by atoms with E-state index < -0.39 is 29.5 Å². The highest BCUT2D eigenvalue weighted by Gasteiger charge is 2.29. The third kappa shape index (κ3) is 5.50. The fourth-order valence-electron chi connectivity index (χ4n) is 3.61. The van der Waals surface area contributed by atoms with Crippen molar-refractivity contribution in [3.63, 3.8) is 0 Å². The Morgan fingerprint density at radius 1 is 1.00 bits per heavy atom. The van der Waals surface area contributed by atoms with E-state index in [0.29, 0.717) is 11.3 Å². The van der Waals surface area contributed by atoms with Crippen molar-refractivity contribution in [3.05, 3.63) is 102 Å². The number of hydrogen-bond acceptors (Lipinski definition) is 6. The summed E-state index contributed by atoms with van der Waals surface area (Å²) < 4.78 is 15.6. The van der Waals surface area contributed by atoms with E-state index >= 15 is 0 Å². The third-order valence-corrected chi connectivity index (χ3v) is 5.31. The van der Waals surface area contributed by atoms with E-state index in [-0.39, 0.29) is 17.8 Å². The molecule has 9 nitrogen and oxygen atoms in total. The lowest BCUT2D eigenvalue weighted by atomic mass is 10.0. The summed E-state index contributed by atoms with van der Waals surface area (Å²) in [5.74, 6) is -2.77. The van der Waals surface area contributed by atoms with Crippen molar-refractivity contribution in [2.24, 2.45) is 0 Å². The molecule has 0 radical (unpaired) electrons. The second kappa shape index (κ2) is 11.2. The van der Waals surface area contributed by atoms with Gasteiger partial charge in [0.05, 0.1) is 18.4 Å². The van der Waals surface area contributed by atoms with E-state index in [9.17, 15) is 18.8 Å². The highest BCUT2D eigenvalue weighted by atomic mass is 19.1. The summed E-state index contributed by atoms with van der Waals surface area (Å²) in [7, 11) is 1.21. The number of rotatable bonds is 9. The zero-order chi connectivity index (χ0) is 25.5. The number of halogens is 1. The highest BCUT2D eigenvalue weighted by Crippen LogP contribution is 2.22. The monoisotopic (exact) mass is 487 g/mol. The van der Waals surface area contributed by atoms with Crippen LogP contribution < -0.4 is 10.8 Å². The zero-order valence-electron chi connectivity index (χ0n) is 19.2. The van der Waals surface area contributed by atoms with Crippen molar-refractivity contribution in [3.8, 4) is 17.1 Å². The van der Waals surface area contributed by atoms with Gasteiger partial charge in [0.25, 0.3) is 5.91 Å². The maximum atomic E-state index is 14.2. The summed E-state index contributed by atoms with van der Waals surface area (Å²) in [4.78, 5) is 47.0. The quantitative estimate of drug-likeness (QED) is 0.277. The van der Waals surface area contributed by atoms with Gasteiger partial charge in [-0.25, -0.2) is 19.5 Å². The van der Waals surface area contributed by atoms with Gasteiger partial charge in [-0.15, -0.1) is 0 Å². The molecule has 0 bridgehead atoms. The number of carbonyl (C=O) groups excluding carboxylic acids is 3. The first kappa shape index (κ1) is 24.4. The number of nitrogens with zero attached hydrogens (tertiary/aromatic N) is 3. The molecule has 0 aliphatic heterocycles. The fraction of sp³-hybridized carbons (Fsp3) is 0.115. The van der Waals surface area contributed by atoms with Crippen LogP contribution in [0.2, 0.25) is 0 Å². The predicted octanol–water partition coefficient (Wildman–Crippen LogP) is 2.66. The molecule has 1 unspecified atom stereocenters. The Bertz CT molecular complexity index is 1390. The van der Waals surface area contributed by atoms with Crippen LogP contribution in [-0.2, 0) is 20.8 Å². The Balaban J connectivity index is 1.62. The molecule has 10 heteroatoms. The largest absolute Gasteiger partial charge is 0.341 e. The van der Waals surface area contributed by atoms with Gasteiger partial charge in [0.1, 0.15) is 11.9 Å². The van der Waals surface area contributed by atoms with Crippen molar-refractivity contribution < 1.29 is 23.6 Å². The molecule has 2 N–H and O–H groups in total. The van der Waals surface area contributed by atoms with Crippen LogP contribution in [0, 0.1) is 5.82 Å². The molecule has 0 aliphatic rings. The smallest absolute Gasteiger partial charge is 0.313 e. The molecule has 4 aromatic rings. The van der Waals surface area contributed by atoms with E-state index in [4.69, 9.17) is 0 Å². The molecular weight excluding hydrogens is 465 g/mol. The average molecular weight is 487 g/mol. The summed E-state index contributed by atoms with van der Waals surface area (Å²) in [6, 6.07) is 18.7. The minimum atomic E-state index is -1.17. The lowest BCUT2D eigenvalue weighted by molar-refractivity contribution is -0.145. The first-order valence-electron chi connectivity index (χ1n) is 11.0. The molecule has 36 heavy (non-hydrogen) atoms. The van der Waals surface area contributed by atoms with Crippen LogP contribution in [0.25, 0.3) is 17.1 Å². The maximum Gasteiger partial charge on any atom is 0.313 e. The van der Waals surface area contributed by atoms with Crippen molar-refractivity contribution in [2.75, 3.05) is 7.11 Å². The van der Waals surface area contributed by atoms with Gasteiger partial charge in [0.2, 0.25) is 5.78 Å².